The second kappa shape index (κ2) is 5.81. The van der Waals surface area contributed by atoms with Gasteiger partial charge >= 0.3 is 0 Å². The molecule has 1 aliphatic rings. The molecule has 1 aromatic rings. The van der Waals surface area contributed by atoms with Gasteiger partial charge in [-0.25, -0.2) is 12.8 Å². The lowest BCUT2D eigenvalue weighted by Crippen LogP contribution is -2.33. The average molecular weight is 320 g/mol. The van der Waals surface area contributed by atoms with Crippen LogP contribution in [0.25, 0.3) is 0 Å². The van der Waals surface area contributed by atoms with Gasteiger partial charge in [-0.05, 0) is 25.0 Å². The van der Waals surface area contributed by atoms with Gasteiger partial charge in [0.25, 0.3) is 0 Å². The molecule has 0 aromatic heterocycles. The normalized spacial score (nSPS) is 15.6. The molecule has 110 valence electrons. The molecule has 1 saturated carbocycles. The Kier molecular flexibility index (Phi) is 4.49. The van der Waals surface area contributed by atoms with Crippen molar-refractivity contribution >= 4 is 21.6 Å². The van der Waals surface area contributed by atoms with Crippen molar-refractivity contribution in [3.05, 3.63) is 41.2 Å². The molecule has 0 aliphatic heterocycles. The Morgan fingerprint density at radius 2 is 2.15 bits per heavy atom. The third-order valence-corrected chi connectivity index (χ3v) is 5.44. The third-order valence-electron chi connectivity index (χ3n) is 3.12. The van der Waals surface area contributed by atoms with Crippen LogP contribution in [0, 0.1) is 5.82 Å². The lowest BCUT2D eigenvalue weighted by molar-refractivity contribution is 0.281. The maximum atomic E-state index is 13.7. The first kappa shape index (κ1) is 15.4. The van der Waals surface area contributed by atoms with Gasteiger partial charge < -0.3 is 5.11 Å². The molecule has 0 spiro atoms. The minimum absolute atomic E-state index is 0.0552. The molecule has 1 aromatic carbocycles. The summed E-state index contributed by atoms with van der Waals surface area (Å²) in [7, 11) is -3.82. The molecule has 4 nitrogen and oxygen atoms in total. The molecular weight excluding hydrogens is 305 g/mol. The van der Waals surface area contributed by atoms with E-state index in [1.54, 1.807) is 0 Å². The monoisotopic (exact) mass is 319 g/mol. The first-order valence-corrected chi connectivity index (χ1v) is 7.95. The van der Waals surface area contributed by atoms with Gasteiger partial charge in [0.1, 0.15) is 5.82 Å². The smallest absolute Gasteiger partial charge is 0.243 e. The molecule has 1 aliphatic carbocycles. The van der Waals surface area contributed by atoms with Crippen LogP contribution in [0.2, 0.25) is 5.02 Å². The third kappa shape index (κ3) is 2.88. The number of nitrogens with zero attached hydrogens (tertiary/aromatic N) is 1. The van der Waals surface area contributed by atoms with Gasteiger partial charge in [0, 0.05) is 18.2 Å². The van der Waals surface area contributed by atoms with E-state index in [9.17, 15) is 12.8 Å². The van der Waals surface area contributed by atoms with E-state index in [1.807, 2.05) is 0 Å². The van der Waals surface area contributed by atoms with Crippen LogP contribution in [0.5, 0.6) is 0 Å². The molecule has 0 unspecified atom stereocenters. The Morgan fingerprint density at radius 1 is 1.50 bits per heavy atom. The minimum atomic E-state index is -3.82. The molecule has 1 fully saturated rings. The lowest BCUT2D eigenvalue weighted by Gasteiger charge is -2.20. The summed E-state index contributed by atoms with van der Waals surface area (Å²) in [6, 6.07) is 2.03. The maximum absolute atomic E-state index is 13.7. The summed E-state index contributed by atoms with van der Waals surface area (Å²) >= 11 is 5.67. The van der Waals surface area contributed by atoms with Crippen LogP contribution in [-0.4, -0.2) is 30.4 Å². The van der Waals surface area contributed by atoms with Crippen molar-refractivity contribution in [3.63, 3.8) is 0 Å². The van der Waals surface area contributed by atoms with Crippen LogP contribution in [0.15, 0.2) is 29.7 Å². The van der Waals surface area contributed by atoms with E-state index in [0.29, 0.717) is 0 Å². The quantitative estimate of drug-likeness (QED) is 0.819. The molecule has 2 rings (SSSR count). The van der Waals surface area contributed by atoms with E-state index in [0.717, 1.165) is 18.9 Å². The van der Waals surface area contributed by atoms with E-state index in [2.05, 4.69) is 6.58 Å². The Balaban J connectivity index is 2.47. The van der Waals surface area contributed by atoms with Gasteiger partial charge in [-0.1, -0.05) is 17.7 Å². The second-order valence-corrected chi connectivity index (χ2v) is 6.90. The molecule has 1 N–H and O–H groups in total. The van der Waals surface area contributed by atoms with Gasteiger partial charge in [0.05, 0.1) is 16.5 Å². The first-order valence-electron chi connectivity index (χ1n) is 6.13. The number of sulfonamides is 1. The van der Waals surface area contributed by atoms with E-state index in [4.69, 9.17) is 16.7 Å². The van der Waals surface area contributed by atoms with Gasteiger partial charge in [-0.3, -0.25) is 0 Å². The second-order valence-electron chi connectivity index (χ2n) is 4.63. The highest BCUT2D eigenvalue weighted by Crippen LogP contribution is 2.33. The van der Waals surface area contributed by atoms with Crippen molar-refractivity contribution in [2.45, 2.75) is 30.4 Å². The van der Waals surface area contributed by atoms with Crippen LogP contribution < -0.4 is 0 Å². The minimum Gasteiger partial charge on any atom is -0.392 e. The predicted molar refractivity (Wildman–Crippen MR) is 74.4 cm³/mol. The number of rotatable bonds is 6. The molecule has 0 radical (unpaired) electrons. The molecule has 0 saturated heterocycles. The lowest BCUT2D eigenvalue weighted by atomic mass is 10.2. The van der Waals surface area contributed by atoms with Crippen molar-refractivity contribution in [2.24, 2.45) is 0 Å². The molecule has 0 bridgehead atoms. The zero-order valence-corrected chi connectivity index (χ0v) is 12.3. The highest BCUT2D eigenvalue weighted by Gasteiger charge is 2.37. The van der Waals surface area contributed by atoms with Crippen LogP contribution in [-0.2, 0) is 16.6 Å². The van der Waals surface area contributed by atoms with Crippen LogP contribution in [0.3, 0.4) is 0 Å². The summed E-state index contributed by atoms with van der Waals surface area (Å²) < 4.78 is 40.0. The Morgan fingerprint density at radius 3 is 2.65 bits per heavy atom. The van der Waals surface area contributed by atoms with E-state index in [-0.39, 0.29) is 28.1 Å². The Hall–Kier alpha value is -0.950. The number of aliphatic hydroxyl groups is 1. The highest BCUT2D eigenvalue weighted by atomic mass is 35.5. The van der Waals surface area contributed by atoms with E-state index in [1.165, 1.54) is 16.4 Å². The van der Waals surface area contributed by atoms with Crippen molar-refractivity contribution in [3.8, 4) is 0 Å². The number of aliphatic hydroxyl groups excluding tert-OH is 1. The van der Waals surface area contributed by atoms with Crippen LogP contribution in [0.4, 0.5) is 4.39 Å². The summed E-state index contributed by atoms with van der Waals surface area (Å²) in [6.07, 6.45) is 3.07. The standard InChI is InChI=1S/C13H15ClFNO3S/c1-2-5-16(10-3-4-10)20(18,19)11-6-9(8-17)13(14)12(15)7-11/h2,6-7,10,17H,1,3-5,8H2. The average Bonchev–Trinajstić information content (AvgIpc) is 3.22. The predicted octanol–water partition coefficient (Wildman–Crippen LogP) is 2.31. The molecular formula is C13H15ClFNO3S. The zero-order valence-electron chi connectivity index (χ0n) is 10.7. The molecule has 0 heterocycles. The summed E-state index contributed by atoms with van der Waals surface area (Å²) in [6.45, 7) is 3.19. The summed E-state index contributed by atoms with van der Waals surface area (Å²) in [5.74, 6) is -0.855. The summed E-state index contributed by atoms with van der Waals surface area (Å²) in [5.41, 5.74) is 0.0552. The number of halogens is 2. The SMILES string of the molecule is C=CCN(C1CC1)S(=O)(=O)c1cc(F)c(Cl)c(CO)c1. The van der Waals surface area contributed by atoms with E-state index < -0.39 is 22.4 Å². The molecule has 20 heavy (non-hydrogen) atoms. The van der Waals surface area contributed by atoms with E-state index >= 15 is 0 Å². The van der Waals surface area contributed by atoms with Gasteiger partial charge in [0.2, 0.25) is 10.0 Å². The van der Waals surface area contributed by atoms with Gasteiger partial charge in [-0.2, -0.15) is 4.31 Å². The van der Waals surface area contributed by atoms with Gasteiger partial charge in [-0.15, -0.1) is 6.58 Å². The van der Waals surface area contributed by atoms with Crippen molar-refractivity contribution in [1.82, 2.24) is 4.31 Å². The fourth-order valence-corrected chi connectivity index (χ4v) is 3.84. The van der Waals surface area contributed by atoms with Crippen molar-refractivity contribution in [1.29, 1.82) is 0 Å². The van der Waals surface area contributed by atoms with Crippen LogP contribution in [0.1, 0.15) is 18.4 Å². The topological polar surface area (TPSA) is 57.6 Å². The van der Waals surface area contributed by atoms with Crippen LogP contribution >= 0.6 is 11.6 Å². The van der Waals surface area contributed by atoms with Crippen molar-refractivity contribution in [2.75, 3.05) is 6.54 Å². The molecule has 0 atom stereocenters. The Bertz CT molecular complexity index is 629. The zero-order chi connectivity index (χ0) is 14.9. The molecule has 7 heteroatoms. The number of hydrogen-bond acceptors (Lipinski definition) is 3. The maximum Gasteiger partial charge on any atom is 0.243 e. The largest absolute Gasteiger partial charge is 0.392 e. The summed E-state index contributed by atoms with van der Waals surface area (Å²) in [5, 5.41) is 8.86. The highest BCUT2D eigenvalue weighted by molar-refractivity contribution is 7.89. The Labute approximate surface area is 122 Å². The number of benzene rings is 1. The summed E-state index contributed by atoms with van der Waals surface area (Å²) in [4.78, 5) is -0.197. The molecule has 0 amide bonds. The van der Waals surface area contributed by atoms with Crippen molar-refractivity contribution < 1.29 is 17.9 Å². The fraction of sp³-hybridized carbons (Fsp3) is 0.385. The van der Waals surface area contributed by atoms with Gasteiger partial charge in [0.15, 0.2) is 0 Å². The first-order chi connectivity index (χ1) is 9.41. The number of hydrogen-bond donors (Lipinski definition) is 1. The fourth-order valence-electron chi connectivity index (χ4n) is 1.95.